The lowest BCUT2D eigenvalue weighted by molar-refractivity contribution is 1.17. The third-order valence-corrected chi connectivity index (χ3v) is 4.05. The summed E-state index contributed by atoms with van der Waals surface area (Å²) in [7, 11) is 0. The van der Waals surface area contributed by atoms with Gasteiger partial charge in [0, 0.05) is 35.0 Å². The number of anilines is 3. The third-order valence-electron chi connectivity index (χ3n) is 4.05. The molecule has 0 saturated heterocycles. The number of rotatable bonds is 4. The largest absolute Gasteiger partial charge is 0.311 e. The first-order chi connectivity index (χ1) is 12.4. The number of aromatic nitrogens is 2. The molecule has 0 unspecified atom stereocenters. The Morgan fingerprint density at radius 1 is 0.480 bits per heavy atom. The van der Waals surface area contributed by atoms with Crippen LogP contribution in [0.5, 0.6) is 0 Å². The van der Waals surface area contributed by atoms with Gasteiger partial charge in [0.1, 0.15) is 6.33 Å². The summed E-state index contributed by atoms with van der Waals surface area (Å²) in [6, 6.07) is 29.2. The Bertz CT molecular complexity index is 882. The predicted octanol–water partition coefficient (Wildman–Crippen LogP) is 5.61. The van der Waals surface area contributed by atoms with E-state index in [1.807, 2.05) is 24.5 Å². The first-order valence-corrected chi connectivity index (χ1v) is 8.17. The highest BCUT2D eigenvalue weighted by Crippen LogP contribution is 2.34. The molecule has 1 heterocycles. The second-order valence-corrected chi connectivity index (χ2v) is 5.68. The standard InChI is InChI=1S/C22H17N3/c1-3-7-20(8-4-1)25(21-9-5-2-6-10-21)22-13-11-18(12-14-22)19-15-23-17-24-16-19/h1-17H. The van der Waals surface area contributed by atoms with Gasteiger partial charge in [-0.15, -0.1) is 0 Å². The summed E-state index contributed by atoms with van der Waals surface area (Å²) in [5.41, 5.74) is 5.48. The highest BCUT2D eigenvalue weighted by Gasteiger charge is 2.11. The molecule has 4 aromatic rings. The molecule has 3 heteroatoms. The normalized spacial score (nSPS) is 10.4. The minimum absolute atomic E-state index is 1.01. The molecule has 0 amide bonds. The summed E-state index contributed by atoms with van der Waals surface area (Å²) in [5, 5.41) is 0. The fraction of sp³-hybridized carbons (Fsp3) is 0. The van der Waals surface area contributed by atoms with Crippen molar-refractivity contribution >= 4 is 17.1 Å². The fourth-order valence-electron chi connectivity index (χ4n) is 2.85. The van der Waals surface area contributed by atoms with Gasteiger partial charge in [0.25, 0.3) is 0 Å². The van der Waals surface area contributed by atoms with Gasteiger partial charge in [-0.1, -0.05) is 48.5 Å². The maximum atomic E-state index is 4.09. The maximum absolute atomic E-state index is 4.09. The minimum Gasteiger partial charge on any atom is -0.311 e. The van der Waals surface area contributed by atoms with E-state index in [1.165, 1.54) is 0 Å². The van der Waals surface area contributed by atoms with Gasteiger partial charge >= 0.3 is 0 Å². The van der Waals surface area contributed by atoms with Crippen molar-refractivity contribution in [3.63, 3.8) is 0 Å². The monoisotopic (exact) mass is 323 g/mol. The average Bonchev–Trinajstić information content (AvgIpc) is 2.71. The van der Waals surface area contributed by atoms with E-state index in [0.29, 0.717) is 0 Å². The molecule has 0 radical (unpaired) electrons. The van der Waals surface area contributed by atoms with Crippen LogP contribution in [0, 0.1) is 0 Å². The van der Waals surface area contributed by atoms with Gasteiger partial charge in [-0.25, -0.2) is 9.97 Å². The van der Waals surface area contributed by atoms with Crippen molar-refractivity contribution in [2.24, 2.45) is 0 Å². The first-order valence-electron chi connectivity index (χ1n) is 8.17. The molecule has 120 valence electrons. The second kappa shape index (κ2) is 6.97. The topological polar surface area (TPSA) is 29.0 Å². The Hall–Kier alpha value is -3.46. The molecule has 0 bridgehead atoms. The molecule has 25 heavy (non-hydrogen) atoms. The maximum Gasteiger partial charge on any atom is 0.115 e. The lowest BCUT2D eigenvalue weighted by Crippen LogP contribution is -2.09. The second-order valence-electron chi connectivity index (χ2n) is 5.68. The quantitative estimate of drug-likeness (QED) is 0.488. The van der Waals surface area contributed by atoms with Crippen LogP contribution in [0.4, 0.5) is 17.1 Å². The van der Waals surface area contributed by atoms with Crippen LogP contribution in [0.15, 0.2) is 104 Å². The SMILES string of the molecule is c1ccc(N(c2ccccc2)c2ccc(-c3cncnc3)cc2)cc1. The van der Waals surface area contributed by atoms with Gasteiger partial charge in [-0.3, -0.25) is 0 Å². The van der Waals surface area contributed by atoms with Crippen LogP contribution in [0.25, 0.3) is 11.1 Å². The van der Waals surface area contributed by atoms with Gasteiger partial charge in [-0.05, 0) is 42.0 Å². The van der Waals surface area contributed by atoms with E-state index in [-0.39, 0.29) is 0 Å². The molecule has 1 aromatic heterocycles. The molecule has 0 atom stereocenters. The van der Waals surface area contributed by atoms with Crippen molar-refractivity contribution in [2.75, 3.05) is 4.90 Å². The molecule has 0 spiro atoms. The predicted molar refractivity (Wildman–Crippen MR) is 102 cm³/mol. The summed E-state index contributed by atoms with van der Waals surface area (Å²) in [4.78, 5) is 10.4. The molecule has 3 aromatic carbocycles. The first kappa shape index (κ1) is 15.1. The summed E-state index contributed by atoms with van der Waals surface area (Å²) in [5.74, 6) is 0. The van der Waals surface area contributed by atoms with Gasteiger partial charge in [0.15, 0.2) is 0 Å². The highest BCUT2D eigenvalue weighted by molar-refractivity contribution is 5.77. The zero-order valence-electron chi connectivity index (χ0n) is 13.7. The Kier molecular flexibility index (Phi) is 4.21. The number of hydrogen-bond donors (Lipinski definition) is 0. The van der Waals surface area contributed by atoms with Gasteiger partial charge in [-0.2, -0.15) is 0 Å². The van der Waals surface area contributed by atoms with E-state index in [0.717, 1.165) is 28.2 Å². The van der Waals surface area contributed by atoms with E-state index in [1.54, 1.807) is 6.33 Å². The number of benzene rings is 3. The molecule has 0 aliphatic rings. The van der Waals surface area contributed by atoms with Crippen molar-refractivity contribution in [3.8, 4) is 11.1 Å². The lowest BCUT2D eigenvalue weighted by Gasteiger charge is -2.25. The molecule has 0 saturated carbocycles. The number of hydrogen-bond acceptors (Lipinski definition) is 3. The van der Waals surface area contributed by atoms with Crippen LogP contribution in [0.3, 0.4) is 0 Å². The molecule has 0 aliphatic carbocycles. The number of para-hydroxylation sites is 2. The fourth-order valence-corrected chi connectivity index (χ4v) is 2.85. The summed E-state index contributed by atoms with van der Waals surface area (Å²) < 4.78 is 0. The zero-order chi connectivity index (χ0) is 16.9. The van der Waals surface area contributed by atoms with Crippen molar-refractivity contribution in [2.45, 2.75) is 0 Å². The van der Waals surface area contributed by atoms with E-state index < -0.39 is 0 Å². The third kappa shape index (κ3) is 3.26. The van der Waals surface area contributed by atoms with Crippen molar-refractivity contribution in [1.29, 1.82) is 0 Å². The molecular weight excluding hydrogens is 306 g/mol. The minimum atomic E-state index is 1.01. The Morgan fingerprint density at radius 2 is 0.960 bits per heavy atom. The molecule has 0 aliphatic heterocycles. The molecule has 3 nitrogen and oxygen atoms in total. The van der Waals surface area contributed by atoms with E-state index in [9.17, 15) is 0 Å². The molecular formula is C22H17N3. The van der Waals surface area contributed by atoms with Crippen LogP contribution >= 0.6 is 0 Å². The Balaban J connectivity index is 1.75. The van der Waals surface area contributed by atoms with Gasteiger partial charge in [0.2, 0.25) is 0 Å². The van der Waals surface area contributed by atoms with Crippen molar-refractivity contribution in [1.82, 2.24) is 9.97 Å². The summed E-state index contributed by atoms with van der Waals surface area (Å²) >= 11 is 0. The average molecular weight is 323 g/mol. The van der Waals surface area contributed by atoms with Crippen LogP contribution in [0.2, 0.25) is 0 Å². The highest BCUT2D eigenvalue weighted by atomic mass is 15.1. The zero-order valence-corrected chi connectivity index (χ0v) is 13.7. The summed E-state index contributed by atoms with van der Waals surface area (Å²) in [6.07, 6.45) is 5.20. The van der Waals surface area contributed by atoms with Crippen LogP contribution in [-0.2, 0) is 0 Å². The van der Waals surface area contributed by atoms with Crippen molar-refractivity contribution in [3.05, 3.63) is 104 Å². The summed E-state index contributed by atoms with van der Waals surface area (Å²) in [6.45, 7) is 0. The number of nitrogens with zero attached hydrogens (tertiary/aromatic N) is 3. The van der Waals surface area contributed by atoms with Crippen LogP contribution in [-0.4, -0.2) is 9.97 Å². The molecule has 4 rings (SSSR count). The van der Waals surface area contributed by atoms with Crippen LogP contribution < -0.4 is 4.90 Å². The van der Waals surface area contributed by atoms with E-state index in [4.69, 9.17) is 0 Å². The smallest absolute Gasteiger partial charge is 0.115 e. The van der Waals surface area contributed by atoms with E-state index in [2.05, 4.69) is 87.7 Å². The molecule has 0 fully saturated rings. The lowest BCUT2D eigenvalue weighted by atomic mass is 10.1. The van der Waals surface area contributed by atoms with Gasteiger partial charge < -0.3 is 4.90 Å². The Morgan fingerprint density at radius 3 is 1.48 bits per heavy atom. The Labute approximate surface area is 147 Å². The van der Waals surface area contributed by atoms with Crippen molar-refractivity contribution < 1.29 is 0 Å². The van der Waals surface area contributed by atoms with Crippen LogP contribution in [0.1, 0.15) is 0 Å². The van der Waals surface area contributed by atoms with E-state index >= 15 is 0 Å². The van der Waals surface area contributed by atoms with Gasteiger partial charge in [0.05, 0.1) is 0 Å². The molecule has 0 N–H and O–H groups in total.